The topological polar surface area (TPSA) is 78.9 Å². The van der Waals surface area contributed by atoms with E-state index in [1.165, 1.54) is 83.5 Å². The molecule has 82 heavy (non-hydrogen) atoms. The zero-order chi connectivity index (χ0) is 59.2. The van der Waals surface area contributed by atoms with Crippen LogP contribution in [0.5, 0.6) is 0 Å². The maximum absolute atomic E-state index is 12.9. The molecule has 0 aliphatic rings. The molecule has 6 nitrogen and oxygen atoms in total. The monoisotopic (exact) mass is 1130 g/mol. The molecule has 0 radical (unpaired) electrons. The minimum Gasteiger partial charge on any atom is -0.462 e. The summed E-state index contributed by atoms with van der Waals surface area (Å²) in [7, 11) is 0. The van der Waals surface area contributed by atoms with Gasteiger partial charge in [0.15, 0.2) is 6.10 Å². The number of esters is 3. The minimum atomic E-state index is -0.798. The number of carbonyl (C=O) groups is 3. The van der Waals surface area contributed by atoms with Crippen molar-refractivity contribution in [3.05, 3.63) is 146 Å². The van der Waals surface area contributed by atoms with Crippen LogP contribution in [0.25, 0.3) is 0 Å². The standard InChI is InChI=1S/C76H124O6/c1-4-7-10-13-16-19-22-25-27-29-30-31-32-33-34-35-36-37-38-39-40-41-42-43-44-45-46-47-49-51-54-57-60-63-66-69-75(78)81-72-73(71-80-74(77)68-65-62-59-56-53-50-24-21-18-15-12-9-6-3)82-76(79)70-67-64-61-58-55-52-48-28-26-23-20-17-14-11-8-5-2/h7,10,12,15-16,19-21,23-25,27-28,30-31,33-34,36-37,39-40,42-43,48,73H,4-6,8-9,11,13-14,17-18,22,26,29,32,35,38,41,44-47,49-72H2,1-3H3/b10-7-,15-12-,19-16-,23-20-,24-21-,27-25-,31-30-,34-33-,37-36-,40-39-,43-42-,48-28-. The van der Waals surface area contributed by atoms with Crippen LogP contribution in [0.1, 0.15) is 297 Å². The fourth-order valence-corrected chi connectivity index (χ4v) is 9.00. The number of allylic oxidation sites excluding steroid dienone is 24. The van der Waals surface area contributed by atoms with Gasteiger partial charge in [0, 0.05) is 19.3 Å². The summed E-state index contributed by atoms with van der Waals surface area (Å²) in [5.74, 6) is -0.924. The summed E-state index contributed by atoms with van der Waals surface area (Å²) in [5, 5.41) is 0. The smallest absolute Gasteiger partial charge is 0.306 e. The Hall–Kier alpha value is -4.71. The van der Waals surface area contributed by atoms with Gasteiger partial charge < -0.3 is 14.2 Å². The second kappa shape index (κ2) is 68.8. The van der Waals surface area contributed by atoms with E-state index in [0.29, 0.717) is 19.3 Å². The highest BCUT2D eigenvalue weighted by Gasteiger charge is 2.19. The second-order valence-corrected chi connectivity index (χ2v) is 22.0. The second-order valence-electron chi connectivity index (χ2n) is 22.0. The number of hydrogen-bond acceptors (Lipinski definition) is 6. The molecule has 0 heterocycles. The zero-order valence-corrected chi connectivity index (χ0v) is 53.2. The first-order valence-corrected chi connectivity index (χ1v) is 33.8. The molecule has 0 rings (SSSR count). The summed E-state index contributed by atoms with van der Waals surface area (Å²) < 4.78 is 16.9. The Labute approximate surface area is 506 Å². The number of ether oxygens (including phenoxy) is 3. The predicted molar refractivity (Wildman–Crippen MR) is 357 cm³/mol. The summed E-state index contributed by atoms with van der Waals surface area (Å²) in [6.07, 6.45) is 98.6. The van der Waals surface area contributed by atoms with Crippen LogP contribution < -0.4 is 0 Å². The average molecular weight is 1130 g/mol. The SMILES string of the molecule is CC/C=C\C/C=C\C/C=C\C/C=C\C/C=C\C/C=C\C/C=C\C/C=C\CCCCCCCCCCCCC(=O)OCC(COC(=O)CCCCCCC/C=C\C/C=C\CCC)OC(=O)CCCCCCC/C=C\C/C=C\CCCCCC. The normalized spacial score (nSPS) is 13.1. The third-order valence-corrected chi connectivity index (χ3v) is 14.0. The van der Waals surface area contributed by atoms with Crippen molar-refractivity contribution in [1.82, 2.24) is 0 Å². The lowest BCUT2D eigenvalue weighted by atomic mass is 10.1. The molecule has 6 heteroatoms. The maximum atomic E-state index is 12.9. The molecule has 0 amide bonds. The van der Waals surface area contributed by atoms with Gasteiger partial charge >= 0.3 is 17.9 Å². The van der Waals surface area contributed by atoms with Crippen molar-refractivity contribution >= 4 is 17.9 Å². The van der Waals surface area contributed by atoms with Crippen LogP contribution in [0.15, 0.2) is 146 Å². The molecule has 0 aliphatic carbocycles. The maximum Gasteiger partial charge on any atom is 0.306 e. The summed E-state index contributed by atoms with van der Waals surface area (Å²) in [6, 6.07) is 0. The van der Waals surface area contributed by atoms with E-state index in [0.717, 1.165) is 173 Å². The predicted octanol–water partition coefficient (Wildman–Crippen LogP) is 23.5. The lowest BCUT2D eigenvalue weighted by Gasteiger charge is -2.18. The fraction of sp³-hybridized carbons (Fsp3) is 0.645. The number of rotatable bonds is 60. The number of carbonyl (C=O) groups excluding carboxylic acids is 3. The van der Waals surface area contributed by atoms with Gasteiger partial charge in [-0.15, -0.1) is 0 Å². The van der Waals surface area contributed by atoms with Gasteiger partial charge in [0.25, 0.3) is 0 Å². The molecule has 0 aromatic carbocycles. The number of unbranched alkanes of at least 4 members (excludes halogenated alkanes) is 25. The molecule has 0 aromatic heterocycles. The lowest BCUT2D eigenvalue weighted by molar-refractivity contribution is -0.167. The van der Waals surface area contributed by atoms with E-state index in [1.807, 2.05) is 0 Å². The molecule has 0 spiro atoms. The fourth-order valence-electron chi connectivity index (χ4n) is 9.00. The van der Waals surface area contributed by atoms with Crippen LogP contribution in [0.3, 0.4) is 0 Å². The first-order chi connectivity index (χ1) is 40.5. The van der Waals surface area contributed by atoms with Crippen LogP contribution in [0.2, 0.25) is 0 Å². The van der Waals surface area contributed by atoms with Crippen molar-refractivity contribution in [3.8, 4) is 0 Å². The minimum absolute atomic E-state index is 0.0937. The average Bonchev–Trinajstić information content (AvgIpc) is 3.47. The molecule has 0 saturated heterocycles. The van der Waals surface area contributed by atoms with E-state index < -0.39 is 6.10 Å². The highest BCUT2D eigenvalue weighted by atomic mass is 16.6. The highest BCUT2D eigenvalue weighted by Crippen LogP contribution is 2.15. The van der Waals surface area contributed by atoms with E-state index in [9.17, 15) is 14.4 Å². The van der Waals surface area contributed by atoms with Crippen molar-refractivity contribution in [3.63, 3.8) is 0 Å². The van der Waals surface area contributed by atoms with E-state index in [2.05, 4.69) is 167 Å². The number of hydrogen-bond donors (Lipinski definition) is 0. The third kappa shape index (κ3) is 66.1. The van der Waals surface area contributed by atoms with E-state index in [-0.39, 0.29) is 31.1 Å². The molecule has 0 bridgehead atoms. The van der Waals surface area contributed by atoms with Crippen LogP contribution in [0.4, 0.5) is 0 Å². The van der Waals surface area contributed by atoms with Crippen LogP contribution in [0, 0.1) is 0 Å². The highest BCUT2D eigenvalue weighted by molar-refractivity contribution is 5.71. The van der Waals surface area contributed by atoms with Crippen molar-refractivity contribution < 1.29 is 28.6 Å². The van der Waals surface area contributed by atoms with Gasteiger partial charge in [-0.25, -0.2) is 0 Å². The third-order valence-electron chi connectivity index (χ3n) is 14.0. The first kappa shape index (κ1) is 77.3. The van der Waals surface area contributed by atoms with Gasteiger partial charge in [0.2, 0.25) is 0 Å². The van der Waals surface area contributed by atoms with E-state index in [1.54, 1.807) is 0 Å². The van der Waals surface area contributed by atoms with Gasteiger partial charge in [-0.2, -0.15) is 0 Å². The molecule has 0 N–H and O–H groups in total. The Morgan fingerprint density at radius 3 is 0.793 bits per heavy atom. The quantitative estimate of drug-likeness (QED) is 0.0261. The molecule has 0 fully saturated rings. The Morgan fingerprint density at radius 1 is 0.256 bits per heavy atom. The molecular weight excluding hydrogens is 1010 g/mol. The Morgan fingerprint density at radius 2 is 0.500 bits per heavy atom. The van der Waals surface area contributed by atoms with Crippen molar-refractivity contribution in [2.45, 2.75) is 303 Å². The summed E-state index contributed by atoms with van der Waals surface area (Å²) in [4.78, 5) is 38.3. The molecule has 0 aromatic rings. The summed E-state index contributed by atoms with van der Waals surface area (Å²) in [6.45, 7) is 6.42. The summed E-state index contributed by atoms with van der Waals surface area (Å²) >= 11 is 0. The molecule has 0 aliphatic heterocycles. The molecule has 0 saturated carbocycles. The van der Waals surface area contributed by atoms with Gasteiger partial charge in [-0.3, -0.25) is 14.4 Å². The Balaban J connectivity index is 4.26. The van der Waals surface area contributed by atoms with Gasteiger partial charge in [0.1, 0.15) is 13.2 Å². The van der Waals surface area contributed by atoms with Gasteiger partial charge in [0.05, 0.1) is 0 Å². The van der Waals surface area contributed by atoms with Gasteiger partial charge in [-0.1, -0.05) is 282 Å². The summed E-state index contributed by atoms with van der Waals surface area (Å²) in [5.41, 5.74) is 0. The largest absolute Gasteiger partial charge is 0.462 e. The van der Waals surface area contributed by atoms with Crippen LogP contribution >= 0.6 is 0 Å². The lowest BCUT2D eigenvalue weighted by Crippen LogP contribution is -2.30. The van der Waals surface area contributed by atoms with Crippen molar-refractivity contribution in [2.75, 3.05) is 13.2 Å². The molecule has 464 valence electrons. The van der Waals surface area contributed by atoms with Crippen molar-refractivity contribution in [2.24, 2.45) is 0 Å². The van der Waals surface area contributed by atoms with E-state index >= 15 is 0 Å². The van der Waals surface area contributed by atoms with E-state index in [4.69, 9.17) is 14.2 Å². The van der Waals surface area contributed by atoms with Crippen LogP contribution in [-0.2, 0) is 28.6 Å². The van der Waals surface area contributed by atoms with Crippen LogP contribution in [-0.4, -0.2) is 37.2 Å². The Bertz CT molecular complexity index is 1780. The Kier molecular flexibility index (Phi) is 64.8. The first-order valence-electron chi connectivity index (χ1n) is 33.8. The molecule has 1 unspecified atom stereocenters. The van der Waals surface area contributed by atoms with Gasteiger partial charge in [-0.05, 0) is 141 Å². The molecule has 1 atom stereocenters. The zero-order valence-electron chi connectivity index (χ0n) is 53.2. The molecular formula is C76H124O6. The van der Waals surface area contributed by atoms with Crippen molar-refractivity contribution in [1.29, 1.82) is 0 Å².